The number of aromatic hydroxyl groups is 1. The van der Waals surface area contributed by atoms with Crippen LogP contribution in [0.1, 0.15) is 19.4 Å². The first-order valence-electron chi connectivity index (χ1n) is 5.89. The van der Waals surface area contributed by atoms with Gasteiger partial charge in [-0.15, -0.1) is 0 Å². The van der Waals surface area contributed by atoms with Gasteiger partial charge in [0, 0.05) is 31.2 Å². The normalized spacial score (nSPS) is 11.4. The van der Waals surface area contributed by atoms with E-state index in [2.05, 4.69) is 31.1 Å². The van der Waals surface area contributed by atoms with E-state index in [1.807, 2.05) is 12.1 Å². The first kappa shape index (κ1) is 14.3. The molecule has 0 radical (unpaired) electrons. The van der Waals surface area contributed by atoms with Gasteiger partial charge in [0.25, 0.3) is 0 Å². The highest BCUT2D eigenvalue weighted by molar-refractivity contribution is 6.32. The van der Waals surface area contributed by atoms with E-state index >= 15 is 0 Å². The molecule has 2 N–H and O–H groups in total. The fourth-order valence-electron chi connectivity index (χ4n) is 1.44. The van der Waals surface area contributed by atoms with Gasteiger partial charge in [-0.05, 0) is 27.0 Å². The molecule has 3 nitrogen and oxygen atoms in total. The van der Waals surface area contributed by atoms with Crippen molar-refractivity contribution >= 4 is 11.6 Å². The van der Waals surface area contributed by atoms with Crippen LogP contribution in [0.5, 0.6) is 5.75 Å². The number of halogens is 1. The van der Waals surface area contributed by atoms with Crippen molar-refractivity contribution in [2.75, 3.05) is 20.1 Å². The lowest BCUT2D eigenvalue weighted by Crippen LogP contribution is -2.33. The Kier molecular flexibility index (Phi) is 5.75. The number of likely N-dealkylation sites (N-methyl/N-ethyl adjacent to an activating group) is 1. The molecular weight excluding hydrogens is 236 g/mol. The van der Waals surface area contributed by atoms with E-state index in [-0.39, 0.29) is 5.75 Å². The summed E-state index contributed by atoms with van der Waals surface area (Å²) in [5.41, 5.74) is 0.838. The van der Waals surface area contributed by atoms with E-state index in [0.717, 1.165) is 18.7 Å². The maximum atomic E-state index is 9.71. The lowest BCUT2D eigenvalue weighted by atomic mass is 10.2. The fraction of sp³-hybridized carbons (Fsp3) is 0.538. The Balaban J connectivity index is 2.34. The molecule has 0 saturated heterocycles. The third-order valence-corrected chi connectivity index (χ3v) is 3.21. The summed E-state index contributed by atoms with van der Waals surface area (Å²) in [5.74, 6) is 0.180. The number of hydrogen-bond acceptors (Lipinski definition) is 3. The number of phenols is 1. The van der Waals surface area contributed by atoms with Crippen LogP contribution in [0.15, 0.2) is 18.2 Å². The standard InChI is InChI=1S/C13H21ClN2O/c1-10(2)16(3)8-7-15-9-11-5-4-6-12(14)13(11)17/h4-6,10,15,17H,7-9H2,1-3H3. The average molecular weight is 257 g/mol. The highest BCUT2D eigenvalue weighted by Gasteiger charge is 2.05. The van der Waals surface area contributed by atoms with E-state index in [1.54, 1.807) is 6.07 Å². The Bertz CT molecular complexity index is 355. The molecular formula is C13H21ClN2O. The lowest BCUT2D eigenvalue weighted by molar-refractivity contribution is 0.273. The van der Waals surface area contributed by atoms with E-state index in [4.69, 9.17) is 11.6 Å². The van der Waals surface area contributed by atoms with Gasteiger partial charge in [0.2, 0.25) is 0 Å². The maximum Gasteiger partial charge on any atom is 0.138 e. The number of hydrogen-bond donors (Lipinski definition) is 2. The number of phenolic OH excluding ortho intramolecular Hbond substituents is 1. The predicted molar refractivity (Wildman–Crippen MR) is 72.6 cm³/mol. The van der Waals surface area contributed by atoms with Crippen LogP contribution >= 0.6 is 11.6 Å². The summed E-state index contributed by atoms with van der Waals surface area (Å²) >= 11 is 5.83. The highest BCUT2D eigenvalue weighted by atomic mass is 35.5. The zero-order chi connectivity index (χ0) is 12.8. The Labute approximate surface area is 108 Å². The molecule has 1 aromatic rings. The van der Waals surface area contributed by atoms with Gasteiger partial charge in [-0.1, -0.05) is 23.7 Å². The zero-order valence-electron chi connectivity index (χ0n) is 10.7. The first-order valence-corrected chi connectivity index (χ1v) is 6.27. The third kappa shape index (κ3) is 4.54. The number of rotatable bonds is 6. The summed E-state index contributed by atoms with van der Waals surface area (Å²) in [6.45, 7) is 6.85. The lowest BCUT2D eigenvalue weighted by Gasteiger charge is -2.21. The number of nitrogens with one attached hydrogen (secondary N) is 1. The van der Waals surface area contributed by atoms with Crippen molar-refractivity contribution < 1.29 is 5.11 Å². The van der Waals surface area contributed by atoms with Crippen LogP contribution < -0.4 is 5.32 Å². The Morgan fingerprint density at radius 1 is 1.41 bits per heavy atom. The Hall–Kier alpha value is -0.770. The second kappa shape index (κ2) is 6.84. The molecule has 0 bridgehead atoms. The fourth-order valence-corrected chi connectivity index (χ4v) is 1.63. The smallest absolute Gasteiger partial charge is 0.138 e. The van der Waals surface area contributed by atoms with E-state index < -0.39 is 0 Å². The minimum Gasteiger partial charge on any atom is -0.506 e. The molecule has 0 heterocycles. The third-order valence-electron chi connectivity index (χ3n) is 2.91. The van der Waals surface area contributed by atoms with Crippen molar-refractivity contribution in [3.63, 3.8) is 0 Å². The molecule has 0 aliphatic rings. The quantitative estimate of drug-likeness (QED) is 0.768. The van der Waals surface area contributed by atoms with Crippen LogP contribution in [-0.2, 0) is 6.54 Å². The molecule has 0 unspecified atom stereocenters. The Morgan fingerprint density at radius 2 is 2.12 bits per heavy atom. The molecule has 0 atom stereocenters. The van der Waals surface area contributed by atoms with Crippen LogP contribution in [-0.4, -0.2) is 36.2 Å². The van der Waals surface area contributed by atoms with E-state index in [1.165, 1.54) is 0 Å². The molecule has 0 spiro atoms. The van der Waals surface area contributed by atoms with Gasteiger partial charge in [-0.25, -0.2) is 0 Å². The van der Waals surface area contributed by atoms with Gasteiger partial charge in [-0.2, -0.15) is 0 Å². The van der Waals surface area contributed by atoms with Gasteiger partial charge in [-0.3, -0.25) is 0 Å². The van der Waals surface area contributed by atoms with Crippen molar-refractivity contribution in [3.05, 3.63) is 28.8 Å². The van der Waals surface area contributed by atoms with Crippen molar-refractivity contribution in [2.45, 2.75) is 26.4 Å². The molecule has 0 aliphatic carbocycles. The minimum atomic E-state index is 0.180. The largest absolute Gasteiger partial charge is 0.506 e. The summed E-state index contributed by atoms with van der Waals surface area (Å²) in [4.78, 5) is 2.27. The molecule has 96 valence electrons. The SMILES string of the molecule is CC(C)N(C)CCNCc1cccc(Cl)c1O. The van der Waals surface area contributed by atoms with Gasteiger partial charge >= 0.3 is 0 Å². The molecule has 0 saturated carbocycles. The number of nitrogens with zero attached hydrogens (tertiary/aromatic N) is 1. The summed E-state index contributed by atoms with van der Waals surface area (Å²) in [6, 6.07) is 5.96. The summed E-state index contributed by atoms with van der Waals surface area (Å²) in [5, 5.41) is 13.4. The summed E-state index contributed by atoms with van der Waals surface area (Å²) < 4.78 is 0. The molecule has 4 heteroatoms. The second-order valence-electron chi connectivity index (χ2n) is 4.50. The zero-order valence-corrected chi connectivity index (χ0v) is 11.5. The summed E-state index contributed by atoms with van der Waals surface area (Å²) in [6.07, 6.45) is 0. The number of benzene rings is 1. The molecule has 17 heavy (non-hydrogen) atoms. The Morgan fingerprint density at radius 3 is 2.76 bits per heavy atom. The van der Waals surface area contributed by atoms with Crippen LogP contribution in [0.4, 0.5) is 0 Å². The topological polar surface area (TPSA) is 35.5 Å². The second-order valence-corrected chi connectivity index (χ2v) is 4.91. The van der Waals surface area contributed by atoms with Gasteiger partial charge in [0.15, 0.2) is 0 Å². The summed E-state index contributed by atoms with van der Waals surface area (Å²) in [7, 11) is 2.10. The van der Waals surface area contributed by atoms with Gasteiger partial charge < -0.3 is 15.3 Å². The van der Waals surface area contributed by atoms with Crippen LogP contribution in [0, 0.1) is 0 Å². The molecule has 0 fully saturated rings. The highest BCUT2D eigenvalue weighted by Crippen LogP contribution is 2.26. The van der Waals surface area contributed by atoms with Crippen molar-refractivity contribution in [1.82, 2.24) is 10.2 Å². The van der Waals surface area contributed by atoms with Crippen LogP contribution in [0.2, 0.25) is 5.02 Å². The van der Waals surface area contributed by atoms with Crippen molar-refractivity contribution in [1.29, 1.82) is 0 Å². The van der Waals surface area contributed by atoms with Gasteiger partial charge in [0.05, 0.1) is 5.02 Å². The van der Waals surface area contributed by atoms with E-state index in [0.29, 0.717) is 17.6 Å². The molecule has 0 amide bonds. The van der Waals surface area contributed by atoms with Crippen LogP contribution in [0.3, 0.4) is 0 Å². The first-order chi connectivity index (χ1) is 8.02. The molecule has 1 aromatic carbocycles. The van der Waals surface area contributed by atoms with Gasteiger partial charge in [0.1, 0.15) is 5.75 Å². The number of para-hydroxylation sites is 1. The maximum absolute atomic E-state index is 9.71. The monoisotopic (exact) mass is 256 g/mol. The molecule has 0 aliphatic heterocycles. The molecule has 1 rings (SSSR count). The van der Waals surface area contributed by atoms with E-state index in [9.17, 15) is 5.11 Å². The van der Waals surface area contributed by atoms with Crippen LogP contribution in [0.25, 0.3) is 0 Å². The van der Waals surface area contributed by atoms with Crippen molar-refractivity contribution in [3.8, 4) is 5.75 Å². The minimum absolute atomic E-state index is 0.180. The predicted octanol–water partition coefficient (Wildman–Crippen LogP) is 2.48. The average Bonchev–Trinajstić information content (AvgIpc) is 2.29. The van der Waals surface area contributed by atoms with Crippen molar-refractivity contribution in [2.24, 2.45) is 0 Å². The molecule has 0 aromatic heterocycles.